The fraction of sp³-hybridized carbons (Fsp3) is 0.333. The van der Waals surface area contributed by atoms with Gasteiger partial charge in [-0.3, -0.25) is 0 Å². The third-order valence-corrected chi connectivity index (χ3v) is 4.21. The van der Waals surface area contributed by atoms with E-state index in [2.05, 4.69) is 52.0 Å². The molecule has 3 rings (SSSR count). The normalized spacial score (nSPS) is 13.1. The summed E-state index contributed by atoms with van der Waals surface area (Å²) in [6.07, 6.45) is 2.37. The molecule has 0 radical (unpaired) electrons. The fourth-order valence-electron chi connectivity index (χ4n) is 3.22. The molecule has 2 aromatic rings. The lowest BCUT2D eigenvalue weighted by Crippen LogP contribution is -2.07. The van der Waals surface area contributed by atoms with Gasteiger partial charge in [0.15, 0.2) is 0 Å². The van der Waals surface area contributed by atoms with Crippen molar-refractivity contribution in [3.8, 4) is 11.1 Å². The van der Waals surface area contributed by atoms with E-state index in [1.165, 1.54) is 57.3 Å². The van der Waals surface area contributed by atoms with Gasteiger partial charge in [0.1, 0.15) is 0 Å². The molecule has 0 heterocycles. The van der Waals surface area contributed by atoms with E-state index in [1.807, 2.05) is 0 Å². The number of aryl methyl sites for hydroxylation is 6. The number of benzene rings is 2. The predicted molar refractivity (Wildman–Crippen MR) is 78.2 cm³/mol. The lowest BCUT2D eigenvalue weighted by atomic mass is 9.81. The van der Waals surface area contributed by atoms with Crippen LogP contribution in [0.4, 0.5) is 0 Å². The van der Waals surface area contributed by atoms with E-state index in [0.29, 0.717) is 0 Å². The zero-order chi connectivity index (χ0) is 12.9. The Labute approximate surface area is 110 Å². The van der Waals surface area contributed by atoms with Crippen LogP contribution in [0.1, 0.15) is 33.4 Å². The smallest absolute Gasteiger partial charge is 0.0119 e. The van der Waals surface area contributed by atoms with Crippen LogP contribution in [0.2, 0.25) is 0 Å². The summed E-state index contributed by atoms with van der Waals surface area (Å²) in [5.74, 6) is 0. The summed E-state index contributed by atoms with van der Waals surface area (Å²) >= 11 is 0. The van der Waals surface area contributed by atoms with E-state index in [9.17, 15) is 0 Å². The Balaban J connectivity index is 2.31. The number of hydrogen-bond acceptors (Lipinski definition) is 0. The molecular weight excluding hydrogens is 216 g/mol. The molecule has 0 bridgehead atoms. The predicted octanol–water partition coefficient (Wildman–Crippen LogP) is 4.69. The molecule has 92 valence electrons. The van der Waals surface area contributed by atoms with Gasteiger partial charge in [0.05, 0.1) is 0 Å². The van der Waals surface area contributed by atoms with Crippen LogP contribution in [0.5, 0.6) is 0 Å². The molecule has 1 aliphatic rings. The van der Waals surface area contributed by atoms with Crippen molar-refractivity contribution in [2.45, 2.75) is 40.5 Å². The van der Waals surface area contributed by atoms with E-state index in [1.54, 1.807) is 0 Å². The van der Waals surface area contributed by atoms with Crippen LogP contribution in [0.15, 0.2) is 24.3 Å². The summed E-state index contributed by atoms with van der Waals surface area (Å²) in [6, 6.07) is 9.43. The Bertz CT molecular complexity index is 633. The van der Waals surface area contributed by atoms with Crippen molar-refractivity contribution in [3.05, 3.63) is 57.6 Å². The van der Waals surface area contributed by atoms with Crippen LogP contribution in [0, 0.1) is 27.7 Å². The molecule has 0 nitrogen and oxygen atoms in total. The average Bonchev–Trinajstić information content (AvgIpc) is 2.30. The van der Waals surface area contributed by atoms with Crippen LogP contribution in [-0.2, 0) is 12.8 Å². The molecule has 2 aromatic carbocycles. The minimum Gasteiger partial charge on any atom is -0.0557 e. The maximum Gasteiger partial charge on any atom is -0.0119 e. The van der Waals surface area contributed by atoms with Crippen molar-refractivity contribution in [1.29, 1.82) is 0 Å². The largest absolute Gasteiger partial charge is 0.0557 e. The molecule has 18 heavy (non-hydrogen) atoms. The molecule has 0 saturated heterocycles. The van der Waals surface area contributed by atoms with Crippen molar-refractivity contribution in [3.63, 3.8) is 0 Å². The Morgan fingerprint density at radius 3 is 2.11 bits per heavy atom. The van der Waals surface area contributed by atoms with Gasteiger partial charge in [-0.1, -0.05) is 29.8 Å². The zero-order valence-corrected chi connectivity index (χ0v) is 11.7. The van der Waals surface area contributed by atoms with E-state index in [4.69, 9.17) is 0 Å². The highest BCUT2D eigenvalue weighted by atomic mass is 14.2. The fourth-order valence-corrected chi connectivity index (χ4v) is 3.22. The molecule has 0 aliphatic heterocycles. The second-order valence-corrected chi connectivity index (χ2v) is 5.71. The SMILES string of the molecule is Cc1cc(C)c2c(c1)CCc1cc(C)c(C)cc1-2. The zero-order valence-electron chi connectivity index (χ0n) is 11.7. The monoisotopic (exact) mass is 236 g/mol. The second-order valence-electron chi connectivity index (χ2n) is 5.71. The molecule has 0 spiro atoms. The summed E-state index contributed by atoms with van der Waals surface area (Å²) in [5, 5.41) is 0. The molecule has 0 saturated carbocycles. The Hall–Kier alpha value is -1.56. The first-order valence-electron chi connectivity index (χ1n) is 6.77. The Kier molecular flexibility index (Phi) is 2.55. The molecule has 0 atom stereocenters. The van der Waals surface area contributed by atoms with Crippen LogP contribution in [-0.4, -0.2) is 0 Å². The quantitative estimate of drug-likeness (QED) is 0.622. The highest BCUT2D eigenvalue weighted by molar-refractivity contribution is 5.77. The molecule has 0 aromatic heterocycles. The van der Waals surface area contributed by atoms with Gasteiger partial charge in [-0.05, 0) is 79.5 Å². The molecule has 1 aliphatic carbocycles. The van der Waals surface area contributed by atoms with Gasteiger partial charge in [0.25, 0.3) is 0 Å². The highest BCUT2D eigenvalue weighted by Gasteiger charge is 2.18. The molecule has 0 fully saturated rings. The summed E-state index contributed by atoms with van der Waals surface area (Å²) < 4.78 is 0. The van der Waals surface area contributed by atoms with Gasteiger partial charge in [0, 0.05) is 0 Å². The minimum atomic E-state index is 1.19. The van der Waals surface area contributed by atoms with Crippen LogP contribution in [0.25, 0.3) is 11.1 Å². The Morgan fingerprint density at radius 1 is 0.667 bits per heavy atom. The lowest BCUT2D eigenvalue weighted by Gasteiger charge is -2.24. The van der Waals surface area contributed by atoms with E-state index >= 15 is 0 Å². The maximum atomic E-state index is 2.38. The summed E-state index contributed by atoms with van der Waals surface area (Å²) in [4.78, 5) is 0. The average molecular weight is 236 g/mol. The van der Waals surface area contributed by atoms with Gasteiger partial charge < -0.3 is 0 Å². The second kappa shape index (κ2) is 3.98. The first kappa shape index (κ1) is 11.5. The van der Waals surface area contributed by atoms with Gasteiger partial charge in [-0.25, -0.2) is 0 Å². The van der Waals surface area contributed by atoms with Crippen molar-refractivity contribution < 1.29 is 0 Å². The van der Waals surface area contributed by atoms with Crippen molar-refractivity contribution in [2.24, 2.45) is 0 Å². The topological polar surface area (TPSA) is 0 Å². The number of rotatable bonds is 0. The third kappa shape index (κ3) is 1.68. The molecule has 0 amide bonds. The molecular formula is C18H20. The first-order valence-corrected chi connectivity index (χ1v) is 6.77. The minimum absolute atomic E-state index is 1.19. The maximum absolute atomic E-state index is 2.38. The molecule has 0 N–H and O–H groups in total. The first-order chi connectivity index (χ1) is 8.56. The summed E-state index contributed by atoms with van der Waals surface area (Å²) in [5.41, 5.74) is 11.7. The van der Waals surface area contributed by atoms with Crippen molar-refractivity contribution in [1.82, 2.24) is 0 Å². The van der Waals surface area contributed by atoms with Crippen molar-refractivity contribution >= 4 is 0 Å². The number of hydrogen-bond donors (Lipinski definition) is 0. The van der Waals surface area contributed by atoms with Gasteiger partial charge in [-0.2, -0.15) is 0 Å². The summed E-state index contributed by atoms with van der Waals surface area (Å²) in [7, 11) is 0. The summed E-state index contributed by atoms with van der Waals surface area (Å²) in [6.45, 7) is 8.87. The van der Waals surface area contributed by atoms with E-state index in [0.717, 1.165) is 0 Å². The highest BCUT2D eigenvalue weighted by Crippen LogP contribution is 2.37. The van der Waals surface area contributed by atoms with E-state index in [-0.39, 0.29) is 0 Å². The van der Waals surface area contributed by atoms with Gasteiger partial charge in [0.2, 0.25) is 0 Å². The molecule has 0 heteroatoms. The molecule has 0 unspecified atom stereocenters. The van der Waals surface area contributed by atoms with Crippen LogP contribution in [0.3, 0.4) is 0 Å². The third-order valence-electron chi connectivity index (χ3n) is 4.21. The Morgan fingerprint density at radius 2 is 1.33 bits per heavy atom. The van der Waals surface area contributed by atoms with Crippen LogP contribution < -0.4 is 0 Å². The van der Waals surface area contributed by atoms with E-state index < -0.39 is 0 Å². The van der Waals surface area contributed by atoms with Gasteiger partial charge >= 0.3 is 0 Å². The number of fused-ring (bicyclic) bond motifs is 3. The lowest BCUT2D eigenvalue weighted by molar-refractivity contribution is 0.932. The standard InChI is InChI=1S/C18H20/c1-11-7-14(4)18-16(8-11)6-5-15-9-12(2)13(3)10-17(15)18/h7-10H,5-6H2,1-4H3. The van der Waals surface area contributed by atoms with Crippen LogP contribution >= 0.6 is 0 Å². The van der Waals surface area contributed by atoms with Crippen molar-refractivity contribution in [2.75, 3.05) is 0 Å². The van der Waals surface area contributed by atoms with Gasteiger partial charge in [-0.15, -0.1) is 0 Å².